The number of rotatable bonds is 15. The molecule has 0 radical (unpaired) electrons. The molecule has 0 bridgehead atoms. The first-order valence-electron chi connectivity index (χ1n) is 17.5. The van der Waals surface area contributed by atoms with E-state index < -0.39 is 26.1 Å². The van der Waals surface area contributed by atoms with Crippen molar-refractivity contribution in [1.29, 1.82) is 0 Å². The maximum absolute atomic E-state index is 8.13. The topological polar surface area (TPSA) is 27.7 Å². The fourth-order valence-electron chi connectivity index (χ4n) is 5.73. The van der Waals surface area contributed by atoms with E-state index >= 15 is 0 Å². The molecule has 200 valence electrons. The van der Waals surface area contributed by atoms with Gasteiger partial charge in [0.25, 0.3) is 0 Å². The molecule has 2 aliphatic heterocycles. The number of benzene rings is 1. The Morgan fingerprint density at radius 1 is 0.800 bits per heavy atom. The molecule has 0 spiro atoms. The molecule has 3 rings (SSSR count). The maximum atomic E-state index is 8.13. The van der Waals surface area contributed by atoms with E-state index in [2.05, 4.69) is 13.8 Å². The van der Waals surface area contributed by atoms with Crippen LogP contribution in [0.25, 0.3) is 0 Å². The first-order valence-corrected chi connectivity index (χ1v) is 14.5. The molecule has 0 amide bonds. The van der Waals surface area contributed by atoms with Crippen molar-refractivity contribution in [1.82, 2.24) is 0 Å². The fourth-order valence-corrected chi connectivity index (χ4v) is 5.73. The summed E-state index contributed by atoms with van der Waals surface area (Å²) < 4.78 is 65.8. The van der Waals surface area contributed by atoms with Gasteiger partial charge in [-0.25, -0.2) is 0 Å². The van der Waals surface area contributed by atoms with E-state index in [1.165, 1.54) is 83.5 Å². The molecule has 3 atom stereocenters. The van der Waals surface area contributed by atoms with Crippen LogP contribution in [-0.4, -0.2) is 11.9 Å². The van der Waals surface area contributed by atoms with Crippen LogP contribution in [0, 0.1) is 13.8 Å². The summed E-state index contributed by atoms with van der Waals surface area (Å²) in [6.07, 6.45) is 18.0. The average molecular weight is 493 g/mol. The third-order valence-electron chi connectivity index (χ3n) is 8.15. The highest BCUT2D eigenvalue weighted by Gasteiger charge is 2.38. The smallest absolute Gasteiger partial charge is 0.197 e. The number of hydrogen-bond donors (Lipinski definition) is 0. The van der Waals surface area contributed by atoms with Crippen LogP contribution in [0.1, 0.15) is 167 Å². The quantitative estimate of drug-likeness (QED) is 0.228. The molecule has 2 aliphatic rings. The lowest BCUT2D eigenvalue weighted by atomic mass is 9.83. The van der Waals surface area contributed by atoms with Gasteiger partial charge in [0.1, 0.15) is 17.1 Å². The normalized spacial score (nSPS) is 26.6. The molecule has 0 saturated carbocycles. The second kappa shape index (κ2) is 13.9. The Balaban J connectivity index is 1.52. The van der Waals surface area contributed by atoms with E-state index in [1.807, 2.05) is 13.8 Å². The Kier molecular flexibility index (Phi) is 8.27. The number of unbranched alkanes of at least 4 members (excludes halogenated alkanes) is 13. The maximum Gasteiger partial charge on any atom is 0.197 e. The Morgan fingerprint density at radius 2 is 1.37 bits per heavy atom. The highest BCUT2D eigenvalue weighted by molar-refractivity contribution is 5.60. The Bertz CT molecular complexity index is 974. The van der Waals surface area contributed by atoms with Gasteiger partial charge in [-0.1, -0.05) is 90.4 Å². The molecule has 2 heterocycles. The lowest BCUT2D eigenvalue weighted by Crippen LogP contribution is -2.38. The van der Waals surface area contributed by atoms with Crippen LogP contribution >= 0.6 is 0 Å². The minimum absolute atomic E-state index is 0.317. The third-order valence-corrected chi connectivity index (χ3v) is 8.15. The van der Waals surface area contributed by atoms with Crippen LogP contribution in [0.2, 0.25) is 0 Å². The summed E-state index contributed by atoms with van der Waals surface area (Å²) in [5.74, 6) is 1.04. The van der Waals surface area contributed by atoms with Crippen molar-refractivity contribution in [2.45, 2.75) is 169 Å². The van der Waals surface area contributed by atoms with Crippen LogP contribution in [0.15, 0.2) is 0 Å². The zero-order chi connectivity index (χ0) is 30.3. The second-order valence-corrected chi connectivity index (χ2v) is 11.2. The number of hydrogen-bond acceptors (Lipinski definition) is 3. The van der Waals surface area contributed by atoms with Gasteiger partial charge in [-0.3, -0.25) is 0 Å². The highest BCUT2D eigenvalue weighted by atomic mass is 16.7. The third kappa shape index (κ3) is 7.88. The lowest BCUT2D eigenvalue weighted by Gasteiger charge is -2.41. The Morgan fingerprint density at radius 3 is 1.94 bits per heavy atom. The van der Waals surface area contributed by atoms with Crippen LogP contribution in [0.3, 0.4) is 0 Å². The number of fused-ring (bicyclic) bond motifs is 3. The van der Waals surface area contributed by atoms with Crippen molar-refractivity contribution in [3.8, 4) is 11.5 Å². The highest BCUT2D eigenvalue weighted by Crippen LogP contribution is 2.49. The molecule has 3 nitrogen and oxygen atoms in total. The van der Waals surface area contributed by atoms with Gasteiger partial charge in [-0.15, -0.1) is 0 Å². The van der Waals surface area contributed by atoms with E-state index in [-0.39, 0.29) is 5.60 Å². The van der Waals surface area contributed by atoms with E-state index in [9.17, 15) is 0 Å². The van der Waals surface area contributed by atoms with E-state index in [0.29, 0.717) is 29.0 Å². The van der Waals surface area contributed by atoms with Gasteiger partial charge in [-0.2, -0.15) is 0 Å². The summed E-state index contributed by atoms with van der Waals surface area (Å²) in [4.78, 5) is 0. The largest absolute Gasteiger partial charge is 0.487 e. The van der Waals surface area contributed by atoms with Gasteiger partial charge < -0.3 is 14.2 Å². The fraction of sp³-hybridized carbons (Fsp3) is 0.812. The summed E-state index contributed by atoms with van der Waals surface area (Å²) in [6.45, 7) is 3.08. The van der Waals surface area contributed by atoms with E-state index in [0.717, 1.165) is 30.4 Å². The standard InChI is InChI=1S/C32H54O3/c1-7-8-9-10-11-12-13-14-15-16-17-18-19-20-22-32(6)23-21-28-29-26(4)33-27(5)34-31(29)25(3)24(2)30(28)35-32/h26-27H,7-23H2,1-6H3/t26-,27-,32?/m0/s1/i4D3,5D3. The zero-order valence-corrected chi connectivity index (χ0v) is 22.9. The van der Waals surface area contributed by atoms with Crippen molar-refractivity contribution < 1.29 is 22.4 Å². The first kappa shape index (κ1) is 20.8. The molecule has 0 saturated heterocycles. The predicted molar refractivity (Wildman–Crippen MR) is 148 cm³/mol. The van der Waals surface area contributed by atoms with Gasteiger partial charge in [0.2, 0.25) is 0 Å². The summed E-state index contributed by atoms with van der Waals surface area (Å²) in [7, 11) is 0. The van der Waals surface area contributed by atoms with Gasteiger partial charge in [-0.05, 0) is 71.3 Å². The minimum Gasteiger partial charge on any atom is -0.487 e. The van der Waals surface area contributed by atoms with Gasteiger partial charge in [0, 0.05) is 19.4 Å². The van der Waals surface area contributed by atoms with Crippen molar-refractivity contribution >= 4 is 0 Å². The molecule has 3 heteroatoms. The van der Waals surface area contributed by atoms with E-state index in [4.69, 9.17) is 22.4 Å². The second-order valence-electron chi connectivity index (χ2n) is 11.2. The Labute approximate surface area is 225 Å². The lowest BCUT2D eigenvalue weighted by molar-refractivity contribution is -0.124. The summed E-state index contributed by atoms with van der Waals surface area (Å²) in [5.41, 5.74) is 2.49. The van der Waals surface area contributed by atoms with E-state index in [1.54, 1.807) is 0 Å². The molecular formula is C32H54O3. The summed E-state index contributed by atoms with van der Waals surface area (Å²) in [6, 6.07) is 0. The molecule has 0 fully saturated rings. The molecule has 1 aromatic carbocycles. The number of ether oxygens (including phenoxy) is 3. The predicted octanol–water partition coefficient (Wildman–Crippen LogP) is 10.1. The van der Waals surface area contributed by atoms with Crippen LogP contribution in [0.4, 0.5) is 0 Å². The van der Waals surface area contributed by atoms with Crippen LogP contribution in [0.5, 0.6) is 11.5 Å². The Hall–Kier alpha value is -1.22. The molecule has 0 aliphatic carbocycles. The van der Waals surface area contributed by atoms with Gasteiger partial charge in [0.05, 0.1) is 6.10 Å². The summed E-state index contributed by atoms with van der Waals surface area (Å²) in [5, 5.41) is 0. The van der Waals surface area contributed by atoms with Crippen LogP contribution < -0.4 is 9.47 Å². The monoisotopic (exact) mass is 492 g/mol. The molecular weight excluding hydrogens is 432 g/mol. The molecule has 1 aromatic rings. The van der Waals surface area contributed by atoms with Crippen molar-refractivity contribution in [3.05, 3.63) is 22.3 Å². The van der Waals surface area contributed by atoms with Crippen molar-refractivity contribution in [2.75, 3.05) is 0 Å². The first-order chi connectivity index (χ1) is 19.3. The zero-order valence-electron chi connectivity index (χ0n) is 28.9. The SMILES string of the molecule is [2H]C([2H])([2H])[C@@H]1Oc2c(C)c(C)c3c(c2[C@H](C([2H])([2H])[2H])O1)CCC(C)(CCCCCCCCCCCCCCCC)O3. The molecule has 0 aromatic heterocycles. The van der Waals surface area contributed by atoms with Gasteiger partial charge >= 0.3 is 0 Å². The average Bonchev–Trinajstić information content (AvgIpc) is 2.90. The van der Waals surface area contributed by atoms with Crippen molar-refractivity contribution in [3.63, 3.8) is 0 Å². The van der Waals surface area contributed by atoms with Crippen molar-refractivity contribution in [2.24, 2.45) is 0 Å². The molecule has 1 unspecified atom stereocenters. The van der Waals surface area contributed by atoms with Gasteiger partial charge in [0.15, 0.2) is 6.29 Å². The molecule has 0 N–H and O–H groups in total. The minimum atomic E-state index is -2.60. The molecule has 35 heavy (non-hydrogen) atoms. The van der Waals surface area contributed by atoms with Crippen LogP contribution in [-0.2, 0) is 11.2 Å². The summed E-state index contributed by atoms with van der Waals surface area (Å²) >= 11 is 0.